The number of ether oxygens (including phenoxy) is 1. The van der Waals surface area contributed by atoms with Crippen molar-refractivity contribution < 1.29 is 18.7 Å². The van der Waals surface area contributed by atoms with Crippen LogP contribution in [0.3, 0.4) is 0 Å². The predicted octanol–water partition coefficient (Wildman–Crippen LogP) is 6.27. The second-order valence-electron chi connectivity index (χ2n) is 10.4. The fourth-order valence-electron chi connectivity index (χ4n) is 4.33. The molecule has 1 atom stereocenters. The zero-order chi connectivity index (χ0) is 28.0. The third-order valence-electron chi connectivity index (χ3n) is 5.92. The van der Waals surface area contributed by atoms with Gasteiger partial charge in [0.15, 0.2) is 5.43 Å². The fourth-order valence-corrected chi connectivity index (χ4v) is 4.49. The van der Waals surface area contributed by atoms with Crippen molar-refractivity contribution in [1.29, 1.82) is 0 Å². The summed E-state index contributed by atoms with van der Waals surface area (Å²) in [5.41, 5.74) is 0.920. The Labute approximate surface area is 228 Å². The largest absolute Gasteiger partial charge is 0.458 e. The third-order valence-corrected chi connectivity index (χ3v) is 6.15. The van der Waals surface area contributed by atoms with Gasteiger partial charge in [0.25, 0.3) is 0 Å². The van der Waals surface area contributed by atoms with E-state index in [1.165, 1.54) is 6.08 Å². The molecule has 2 aromatic carbocycles. The number of fused-ring (bicyclic) bond motifs is 1. The lowest BCUT2D eigenvalue weighted by Crippen LogP contribution is -2.43. The van der Waals surface area contributed by atoms with Crippen LogP contribution in [0.15, 0.2) is 70.4 Å². The average Bonchev–Trinajstić information content (AvgIpc) is 2.84. The molecule has 2 amide bonds. The molecular formula is C30H35ClN2O5. The van der Waals surface area contributed by atoms with E-state index in [1.807, 2.05) is 44.2 Å². The Hall–Kier alpha value is -3.58. The number of hydrogen-bond acceptors (Lipinski definition) is 5. The highest BCUT2D eigenvalue weighted by Gasteiger charge is 2.32. The molecule has 7 nitrogen and oxygen atoms in total. The Bertz CT molecular complexity index is 1360. The fraction of sp³-hybridized carbons (Fsp3) is 0.367. The number of rotatable bonds is 9. The second kappa shape index (κ2) is 12.3. The highest BCUT2D eigenvalue weighted by atomic mass is 35.5. The number of carbonyl (C=O) groups excluding carboxylic acids is 2. The Kier molecular flexibility index (Phi) is 9.39. The first-order valence-electron chi connectivity index (χ1n) is 12.6. The smallest absolute Gasteiger partial charge is 0.407 e. The molecule has 0 aliphatic rings. The molecule has 1 aromatic heterocycles. The minimum Gasteiger partial charge on any atom is -0.458 e. The lowest BCUT2D eigenvalue weighted by atomic mass is 9.92. The first-order chi connectivity index (χ1) is 17.9. The van der Waals surface area contributed by atoms with E-state index in [1.54, 1.807) is 43.9 Å². The average molecular weight is 539 g/mol. The molecule has 0 aliphatic heterocycles. The van der Waals surface area contributed by atoms with Crippen LogP contribution >= 0.6 is 11.6 Å². The molecule has 1 N–H and O–H groups in total. The standard InChI is InChI=1S/C30H35ClN2O5/c1-7-25(34)33(16-15-32-29(36)38-30(4,5)6)26(19(2)3)28-23(17-20-11-9-8-10-12-20)27(35)22-14-13-21(31)18-24(22)37-28/h7-14,18-19,26H,1,15-17H2,2-6H3,(H,32,36). The molecule has 3 aromatic rings. The third kappa shape index (κ3) is 7.25. The van der Waals surface area contributed by atoms with Gasteiger partial charge in [-0.3, -0.25) is 9.59 Å². The maximum atomic E-state index is 13.8. The number of amides is 2. The van der Waals surface area contributed by atoms with Crippen LogP contribution in [0.25, 0.3) is 11.0 Å². The Morgan fingerprint density at radius 1 is 1.16 bits per heavy atom. The normalized spacial score (nSPS) is 12.3. The lowest BCUT2D eigenvalue weighted by molar-refractivity contribution is -0.129. The molecular weight excluding hydrogens is 504 g/mol. The lowest BCUT2D eigenvalue weighted by Gasteiger charge is -2.34. The molecule has 1 heterocycles. The minimum absolute atomic E-state index is 0.134. The van der Waals surface area contributed by atoms with Gasteiger partial charge >= 0.3 is 6.09 Å². The van der Waals surface area contributed by atoms with E-state index in [0.29, 0.717) is 33.7 Å². The molecule has 0 saturated heterocycles. The summed E-state index contributed by atoms with van der Waals surface area (Å²) in [7, 11) is 0. The highest BCUT2D eigenvalue weighted by molar-refractivity contribution is 6.31. The van der Waals surface area contributed by atoms with Crippen molar-refractivity contribution in [3.63, 3.8) is 0 Å². The first kappa shape index (κ1) is 29.0. The summed E-state index contributed by atoms with van der Waals surface area (Å²) < 4.78 is 11.7. The van der Waals surface area contributed by atoms with Crippen LogP contribution in [0.2, 0.25) is 5.02 Å². The van der Waals surface area contributed by atoms with Crippen molar-refractivity contribution >= 4 is 34.6 Å². The van der Waals surface area contributed by atoms with E-state index in [4.69, 9.17) is 20.8 Å². The SMILES string of the molecule is C=CC(=O)N(CCNC(=O)OC(C)(C)C)C(c1oc2cc(Cl)ccc2c(=O)c1Cc1ccccc1)C(C)C. The topological polar surface area (TPSA) is 88.8 Å². The van der Waals surface area contributed by atoms with E-state index in [9.17, 15) is 14.4 Å². The molecule has 0 fully saturated rings. The predicted molar refractivity (Wildman–Crippen MR) is 150 cm³/mol. The summed E-state index contributed by atoms with van der Waals surface area (Å²) in [5.74, 6) is -0.111. The van der Waals surface area contributed by atoms with E-state index in [-0.39, 0.29) is 30.3 Å². The summed E-state index contributed by atoms with van der Waals surface area (Å²) in [4.78, 5) is 40.7. The molecule has 8 heteroatoms. The summed E-state index contributed by atoms with van der Waals surface area (Å²) in [6.07, 6.45) is 0.962. The van der Waals surface area contributed by atoms with Gasteiger partial charge in [-0.25, -0.2) is 4.79 Å². The molecule has 0 saturated carbocycles. The number of nitrogens with zero attached hydrogens (tertiary/aromatic N) is 1. The van der Waals surface area contributed by atoms with Gasteiger partial charge in [0.05, 0.1) is 11.4 Å². The number of carbonyl (C=O) groups is 2. The van der Waals surface area contributed by atoms with E-state index in [0.717, 1.165) is 5.56 Å². The van der Waals surface area contributed by atoms with Gasteiger partial charge in [0, 0.05) is 36.2 Å². The minimum atomic E-state index is -0.650. The first-order valence-corrected chi connectivity index (χ1v) is 13.0. The molecule has 3 rings (SSSR count). The molecule has 0 spiro atoms. The number of benzene rings is 2. The number of nitrogens with one attached hydrogen (secondary N) is 1. The molecule has 0 radical (unpaired) electrons. The van der Waals surface area contributed by atoms with Gasteiger partial charge < -0.3 is 19.4 Å². The van der Waals surface area contributed by atoms with Gasteiger partial charge in [-0.05, 0) is 50.5 Å². The van der Waals surface area contributed by atoms with E-state index in [2.05, 4.69) is 11.9 Å². The maximum absolute atomic E-state index is 13.8. The van der Waals surface area contributed by atoms with Crippen molar-refractivity contribution in [2.75, 3.05) is 13.1 Å². The van der Waals surface area contributed by atoms with Crippen molar-refractivity contribution in [2.45, 2.75) is 52.7 Å². The zero-order valence-electron chi connectivity index (χ0n) is 22.5. The van der Waals surface area contributed by atoms with Crippen LogP contribution in [0.4, 0.5) is 4.79 Å². The second-order valence-corrected chi connectivity index (χ2v) is 10.9. The Balaban J connectivity index is 2.10. The van der Waals surface area contributed by atoms with Crippen LogP contribution in [0.1, 0.15) is 57.5 Å². The van der Waals surface area contributed by atoms with Crippen LogP contribution in [-0.2, 0) is 16.0 Å². The van der Waals surface area contributed by atoms with Gasteiger partial charge in [-0.1, -0.05) is 62.4 Å². The molecule has 0 bridgehead atoms. The van der Waals surface area contributed by atoms with Crippen molar-refractivity contribution in [3.05, 3.63) is 93.3 Å². The molecule has 202 valence electrons. The quantitative estimate of drug-likeness (QED) is 0.324. The van der Waals surface area contributed by atoms with Gasteiger partial charge in [0.2, 0.25) is 5.91 Å². The molecule has 38 heavy (non-hydrogen) atoms. The van der Waals surface area contributed by atoms with E-state index >= 15 is 0 Å². The molecule has 0 aliphatic carbocycles. The van der Waals surface area contributed by atoms with Crippen LogP contribution in [0, 0.1) is 5.92 Å². The van der Waals surface area contributed by atoms with Crippen LogP contribution in [-0.4, -0.2) is 35.6 Å². The zero-order valence-corrected chi connectivity index (χ0v) is 23.3. The van der Waals surface area contributed by atoms with Crippen molar-refractivity contribution in [3.8, 4) is 0 Å². The Morgan fingerprint density at radius 3 is 2.45 bits per heavy atom. The van der Waals surface area contributed by atoms with Gasteiger partial charge in [-0.2, -0.15) is 0 Å². The summed E-state index contributed by atoms with van der Waals surface area (Å²) in [5, 5.41) is 3.55. The summed E-state index contributed by atoms with van der Waals surface area (Å²) >= 11 is 6.22. The summed E-state index contributed by atoms with van der Waals surface area (Å²) in [6, 6.07) is 13.9. The van der Waals surface area contributed by atoms with Crippen molar-refractivity contribution in [2.24, 2.45) is 5.92 Å². The van der Waals surface area contributed by atoms with Gasteiger partial charge in [0.1, 0.15) is 16.9 Å². The highest BCUT2D eigenvalue weighted by Crippen LogP contribution is 2.34. The van der Waals surface area contributed by atoms with Gasteiger partial charge in [-0.15, -0.1) is 0 Å². The van der Waals surface area contributed by atoms with E-state index < -0.39 is 17.7 Å². The monoisotopic (exact) mass is 538 g/mol. The van der Waals surface area contributed by atoms with Crippen LogP contribution < -0.4 is 10.7 Å². The number of alkyl carbamates (subject to hydrolysis) is 1. The number of hydrogen-bond donors (Lipinski definition) is 1. The number of halogens is 1. The van der Waals surface area contributed by atoms with Crippen LogP contribution in [0.5, 0.6) is 0 Å². The Morgan fingerprint density at radius 2 is 1.84 bits per heavy atom. The summed E-state index contributed by atoms with van der Waals surface area (Å²) in [6.45, 7) is 13.2. The molecule has 1 unspecified atom stereocenters. The maximum Gasteiger partial charge on any atom is 0.407 e. The van der Waals surface area contributed by atoms with Crippen molar-refractivity contribution in [1.82, 2.24) is 10.2 Å².